The number of rotatable bonds is 4. The molecule has 0 atom stereocenters. The number of non-ortho nitro benzene ring substituents is 1. The van der Waals surface area contributed by atoms with Crippen molar-refractivity contribution in [3.8, 4) is 5.75 Å². The summed E-state index contributed by atoms with van der Waals surface area (Å²) < 4.78 is 5.76. The lowest BCUT2D eigenvalue weighted by molar-refractivity contribution is -0.384. The van der Waals surface area contributed by atoms with Gasteiger partial charge in [-0.2, -0.15) is 0 Å². The molecular weight excluding hydrogens is 352 g/mol. The highest BCUT2D eigenvalue weighted by atomic mass is 79.9. The molecule has 7 heteroatoms. The molecule has 0 aliphatic heterocycles. The molecule has 0 saturated heterocycles. The van der Waals surface area contributed by atoms with Gasteiger partial charge in [-0.1, -0.05) is 6.07 Å². The topological polar surface area (TPSA) is 81.5 Å². The van der Waals surface area contributed by atoms with Crippen LogP contribution in [0.5, 0.6) is 5.75 Å². The van der Waals surface area contributed by atoms with E-state index in [1.807, 2.05) is 0 Å². The van der Waals surface area contributed by atoms with Gasteiger partial charge in [-0.05, 0) is 46.6 Å². The second kappa shape index (κ2) is 6.57. The van der Waals surface area contributed by atoms with Crippen molar-refractivity contribution in [3.63, 3.8) is 0 Å². The Kier molecular flexibility index (Phi) is 4.77. The lowest BCUT2D eigenvalue weighted by Gasteiger charge is -2.09. The van der Waals surface area contributed by atoms with Gasteiger partial charge in [0, 0.05) is 17.7 Å². The molecule has 0 aliphatic rings. The summed E-state index contributed by atoms with van der Waals surface area (Å²) in [4.78, 5) is 22.6. The van der Waals surface area contributed by atoms with Gasteiger partial charge in [-0.25, -0.2) is 0 Å². The summed E-state index contributed by atoms with van der Waals surface area (Å²) >= 11 is 3.31. The molecule has 0 saturated carbocycles. The number of nitro benzene ring substituents is 1. The minimum Gasteiger partial charge on any atom is -0.496 e. The quantitative estimate of drug-likeness (QED) is 0.658. The zero-order valence-corrected chi connectivity index (χ0v) is 13.5. The molecule has 0 bridgehead atoms. The van der Waals surface area contributed by atoms with E-state index < -0.39 is 4.92 Å². The van der Waals surface area contributed by atoms with Gasteiger partial charge in [0.15, 0.2) is 0 Å². The number of carbonyl (C=O) groups excluding carboxylic acids is 1. The van der Waals surface area contributed by atoms with E-state index in [1.54, 1.807) is 31.2 Å². The number of nitrogens with zero attached hydrogens (tertiary/aromatic N) is 1. The number of ether oxygens (including phenoxy) is 1. The lowest BCUT2D eigenvalue weighted by atomic mass is 10.1. The molecule has 0 aromatic heterocycles. The number of nitro groups is 1. The van der Waals surface area contributed by atoms with E-state index in [0.29, 0.717) is 21.5 Å². The third-order valence-electron chi connectivity index (χ3n) is 3.09. The number of amides is 1. The van der Waals surface area contributed by atoms with Gasteiger partial charge in [0.1, 0.15) is 5.75 Å². The first kappa shape index (κ1) is 16.0. The predicted molar refractivity (Wildman–Crippen MR) is 86.5 cm³/mol. The maximum absolute atomic E-state index is 12.3. The minimum atomic E-state index is -0.501. The molecule has 0 spiro atoms. The van der Waals surface area contributed by atoms with Crippen LogP contribution < -0.4 is 10.1 Å². The first-order valence-electron chi connectivity index (χ1n) is 6.32. The van der Waals surface area contributed by atoms with Crippen LogP contribution >= 0.6 is 15.9 Å². The summed E-state index contributed by atoms with van der Waals surface area (Å²) in [7, 11) is 1.53. The number of anilines is 1. The van der Waals surface area contributed by atoms with Crippen LogP contribution in [0.25, 0.3) is 0 Å². The second-order valence-electron chi connectivity index (χ2n) is 4.56. The number of benzene rings is 2. The van der Waals surface area contributed by atoms with Gasteiger partial charge in [-0.3, -0.25) is 14.9 Å². The Morgan fingerprint density at radius 1 is 1.27 bits per heavy atom. The molecule has 1 N–H and O–H groups in total. The highest BCUT2D eigenvalue weighted by Gasteiger charge is 2.13. The van der Waals surface area contributed by atoms with E-state index in [1.165, 1.54) is 19.2 Å². The van der Waals surface area contributed by atoms with E-state index in [2.05, 4.69) is 21.2 Å². The highest BCUT2D eigenvalue weighted by Crippen LogP contribution is 2.27. The van der Waals surface area contributed by atoms with E-state index >= 15 is 0 Å². The summed E-state index contributed by atoms with van der Waals surface area (Å²) in [5.74, 6) is 0.259. The Labute approximate surface area is 135 Å². The molecular formula is C15H13BrN2O4. The van der Waals surface area contributed by atoms with Gasteiger partial charge in [0.25, 0.3) is 11.6 Å². The largest absolute Gasteiger partial charge is 0.496 e. The normalized spacial score (nSPS) is 10.1. The average Bonchev–Trinajstić information content (AvgIpc) is 2.49. The van der Waals surface area contributed by atoms with Gasteiger partial charge in [0.05, 0.1) is 22.2 Å². The van der Waals surface area contributed by atoms with Crippen molar-refractivity contribution < 1.29 is 14.5 Å². The SMILES string of the molecule is COc1ccc(C(=O)Nc2cc([N+](=O)[O-])ccc2C)cc1Br. The molecule has 2 rings (SSSR count). The monoisotopic (exact) mass is 364 g/mol. The van der Waals surface area contributed by atoms with Crippen molar-refractivity contribution in [2.75, 3.05) is 12.4 Å². The zero-order chi connectivity index (χ0) is 16.3. The van der Waals surface area contributed by atoms with Gasteiger partial charge in [-0.15, -0.1) is 0 Å². The summed E-state index contributed by atoms with van der Waals surface area (Å²) in [6, 6.07) is 9.24. The molecule has 2 aromatic carbocycles. The van der Waals surface area contributed by atoms with Crippen molar-refractivity contribution in [2.45, 2.75) is 6.92 Å². The first-order valence-corrected chi connectivity index (χ1v) is 7.11. The number of hydrogen-bond acceptors (Lipinski definition) is 4. The molecule has 1 amide bonds. The minimum absolute atomic E-state index is 0.0724. The van der Waals surface area contributed by atoms with Crippen LogP contribution in [0.15, 0.2) is 40.9 Å². The number of methoxy groups -OCH3 is 1. The number of aryl methyl sites for hydroxylation is 1. The Balaban J connectivity index is 2.27. The van der Waals surface area contributed by atoms with Crippen molar-refractivity contribution >= 4 is 33.2 Å². The number of carbonyl (C=O) groups is 1. The van der Waals surface area contributed by atoms with E-state index in [0.717, 1.165) is 5.56 Å². The zero-order valence-electron chi connectivity index (χ0n) is 11.9. The second-order valence-corrected chi connectivity index (χ2v) is 5.41. The predicted octanol–water partition coefficient (Wildman–Crippen LogP) is 3.93. The van der Waals surface area contributed by atoms with E-state index in [4.69, 9.17) is 4.74 Å². The van der Waals surface area contributed by atoms with Crippen LogP contribution in [0.3, 0.4) is 0 Å². The van der Waals surface area contributed by atoms with Crippen molar-refractivity contribution in [1.29, 1.82) is 0 Å². The number of halogens is 1. The Bertz CT molecular complexity index is 746. The Morgan fingerprint density at radius 2 is 2.00 bits per heavy atom. The Hall–Kier alpha value is -2.41. The molecule has 0 fully saturated rings. The standard InChI is InChI=1S/C15H13BrN2O4/c1-9-3-5-11(18(20)21)8-13(9)17-15(19)10-4-6-14(22-2)12(16)7-10/h3-8H,1-2H3,(H,17,19). The summed E-state index contributed by atoms with van der Waals surface area (Å²) in [5, 5.41) is 13.5. The fourth-order valence-electron chi connectivity index (χ4n) is 1.86. The highest BCUT2D eigenvalue weighted by molar-refractivity contribution is 9.10. The Morgan fingerprint density at radius 3 is 2.59 bits per heavy atom. The van der Waals surface area contributed by atoms with Crippen LogP contribution in [0.1, 0.15) is 15.9 Å². The van der Waals surface area contributed by atoms with Gasteiger partial charge in [0.2, 0.25) is 0 Å². The van der Waals surface area contributed by atoms with Crippen LogP contribution in [-0.2, 0) is 0 Å². The van der Waals surface area contributed by atoms with Crippen molar-refractivity contribution in [1.82, 2.24) is 0 Å². The third-order valence-corrected chi connectivity index (χ3v) is 3.71. The average molecular weight is 365 g/mol. The maximum atomic E-state index is 12.3. The molecule has 0 unspecified atom stereocenters. The smallest absolute Gasteiger partial charge is 0.271 e. The van der Waals surface area contributed by atoms with Crippen LogP contribution in [0, 0.1) is 17.0 Å². The fourth-order valence-corrected chi connectivity index (χ4v) is 2.40. The van der Waals surface area contributed by atoms with Crippen LogP contribution in [-0.4, -0.2) is 17.9 Å². The molecule has 6 nitrogen and oxygen atoms in total. The summed E-state index contributed by atoms with van der Waals surface area (Å²) in [6.45, 7) is 1.77. The fraction of sp³-hybridized carbons (Fsp3) is 0.133. The molecule has 0 heterocycles. The first-order chi connectivity index (χ1) is 10.4. The lowest BCUT2D eigenvalue weighted by Crippen LogP contribution is -2.13. The summed E-state index contributed by atoms with van der Waals surface area (Å²) in [6.07, 6.45) is 0. The van der Waals surface area contributed by atoms with Crippen LogP contribution in [0.2, 0.25) is 0 Å². The molecule has 114 valence electrons. The number of nitrogens with one attached hydrogen (secondary N) is 1. The van der Waals surface area contributed by atoms with E-state index in [-0.39, 0.29) is 11.6 Å². The van der Waals surface area contributed by atoms with Crippen molar-refractivity contribution in [3.05, 3.63) is 62.1 Å². The summed E-state index contributed by atoms with van der Waals surface area (Å²) in [5.41, 5.74) is 1.49. The van der Waals surface area contributed by atoms with Gasteiger partial charge >= 0.3 is 0 Å². The van der Waals surface area contributed by atoms with Gasteiger partial charge < -0.3 is 10.1 Å². The third kappa shape index (κ3) is 3.43. The van der Waals surface area contributed by atoms with E-state index in [9.17, 15) is 14.9 Å². The molecule has 0 aliphatic carbocycles. The van der Waals surface area contributed by atoms with Crippen molar-refractivity contribution in [2.24, 2.45) is 0 Å². The molecule has 22 heavy (non-hydrogen) atoms. The van der Waals surface area contributed by atoms with Crippen LogP contribution in [0.4, 0.5) is 11.4 Å². The number of hydrogen-bond donors (Lipinski definition) is 1. The maximum Gasteiger partial charge on any atom is 0.271 e. The molecule has 0 radical (unpaired) electrons. The molecule has 2 aromatic rings.